The Hall–Kier alpha value is -4.32. The summed E-state index contributed by atoms with van der Waals surface area (Å²) >= 11 is 0. The van der Waals surface area contributed by atoms with Crippen LogP contribution in [0, 0.1) is 0 Å². The van der Waals surface area contributed by atoms with E-state index in [9.17, 15) is 40.7 Å². The molecule has 0 spiro atoms. The molecule has 2 saturated heterocycles. The van der Waals surface area contributed by atoms with Crippen LogP contribution in [-0.4, -0.2) is 104 Å². The molecule has 0 atom stereocenters. The number of amides is 3. The third-order valence-electron chi connectivity index (χ3n) is 6.60. The van der Waals surface area contributed by atoms with Gasteiger partial charge in [0.2, 0.25) is 0 Å². The fourth-order valence-corrected chi connectivity index (χ4v) is 4.29. The van der Waals surface area contributed by atoms with Gasteiger partial charge in [0.05, 0.1) is 0 Å². The van der Waals surface area contributed by atoms with E-state index in [0.717, 1.165) is 25.2 Å². The van der Waals surface area contributed by atoms with Crippen molar-refractivity contribution in [3.8, 4) is 11.5 Å². The van der Waals surface area contributed by atoms with Gasteiger partial charge in [0.25, 0.3) is 0 Å². The zero-order valence-electron chi connectivity index (χ0n) is 27.5. The molecule has 2 aliphatic heterocycles. The Kier molecular flexibility index (Phi) is 15.6. The van der Waals surface area contributed by atoms with Crippen molar-refractivity contribution in [1.82, 2.24) is 20.0 Å². The van der Waals surface area contributed by atoms with Crippen LogP contribution in [0.25, 0.3) is 0 Å². The van der Waals surface area contributed by atoms with Crippen LogP contribution in [0.3, 0.4) is 0 Å². The monoisotopic (exact) mass is 744 g/mol. The standard InChI is InChI=1S/C18H23F3N2O5.C13H15F3N2O3.ClH/c1-17(2,3)28-16(25)23-10-8-22(9-11-23)15(24)26-12-13-4-6-14(7-5-13)27-18(19,20)21;14-13(15,16)21-11-3-1-10(2-4-11)9-20-12(19)18-7-5-17-6-8-18;/h4-7H,8-12H2,1-3H3;1-4,17H,5-9H2;1H. The molecular formula is C31H39ClF6N4O8. The molecule has 2 aromatic rings. The normalized spacial score (nSPS) is 15.1. The van der Waals surface area contributed by atoms with Gasteiger partial charge in [-0.15, -0.1) is 38.7 Å². The summed E-state index contributed by atoms with van der Waals surface area (Å²) in [6.07, 6.45) is -10.9. The first kappa shape index (κ1) is 41.8. The van der Waals surface area contributed by atoms with Crippen LogP contribution in [0.5, 0.6) is 11.5 Å². The summed E-state index contributed by atoms with van der Waals surface area (Å²) in [7, 11) is 0. The van der Waals surface area contributed by atoms with Gasteiger partial charge in [-0.25, -0.2) is 14.4 Å². The lowest BCUT2D eigenvalue weighted by Crippen LogP contribution is -2.51. The minimum absolute atomic E-state index is 0. The van der Waals surface area contributed by atoms with Crippen molar-refractivity contribution >= 4 is 30.7 Å². The van der Waals surface area contributed by atoms with Crippen molar-refractivity contribution in [3.63, 3.8) is 0 Å². The number of ether oxygens (including phenoxy) is 5. The van der Waals surface area contributed by atoms with E-state index in [-0.39, 0.29) is 37.1 Å². The molecule has 3 amide bonds. The Balaban J connectivity index is 0.000000353. The molecule has 12 nitrogen and oxygen atoms in total. The highest BCUT2D eigenvalue weighted by Gasteiger charge is 2.32. The number of nitrogens with one attached hydrogen (secondary N) is 1. The van der Waals surface area contributed by atoms with Crippen molar-refractivity contribution in [1.29, 1.82) is 0 Å². The maximum Gasteiger partial charge on any atom is 0.573 e. The second-order valence-corrected chi connectivity index (χ2v) is 11.7. The Bertz CT molecular complexity index is 1360. The lowest BCUT2D eigenvalue weighted by molar-refractivity contribution is -0.275. The molecule has 50 heavy (non-hydrogen) atoms. The Morgan fingerprint density at radius 3 is 1.28 bits per heavy atom. The fraction of sp³-hybridized carbons (Fsp3) is 0.516. The highest BCUT2D eigenvalue weighted by atomic mass is 35.5. The number of halogens is 7. The van der Waals surface area contributed by atoms with Gasteiger partial charge in [-0.1, -0.05) is 24.3 Å². The molecule has 0 radical (unpaired) electrons. The molecule has 0 aromatic heterocycles. The lowest BCUT2D eigenvalue weighted by Gasteiger charge is -2.35. The van der Waals surface area contributed by atoms with Crippen molar-refractivity contribution in [2.24, 2.45) is 0 Å². The predicted octanol–water partition coefficient (Wildman–Crippen LogP) is 6.32. The molecule has 4 rings (SSSR count). The summed E-state index contributed by atoms with van der Waals surface area (Å²) < 4.78 is 95.5. The quantitative estimate of drug-likeness (QED) is 0.268. The number of nitrogens with zero attached hydrogens (tertiary/aromatic N) is 3. The molecular weight excluding hydrogens is 706 g/mol. The third-order valence-corrected chi connectivity index (χ3v) is 6.60. The second kappa shape index (κ2) is 18.6. The molecule has 2 aliphatic rings. The fourth-order valence-electron chi connectivity index (χ4n) is 4.29. The number of hydrogen-bond acceptors (Lipinski definition) is 9. The van der Waals surface area contributed by atoms with E-state index in [2.05, 4.69) is 14.8 Å². The van der Waals surface area contributed by atoms with Crippen molar-refractivity contribution < 1.29 is 64.4 Å². The first-order chi connectivity index (χ1) is 22.9. The number of alkyl halides is 6. The number of carbonyl (C=O) groups is 3. The summed E-state index contributed by atoms with van der Waals surface area (Å²) in [6.45, 7) is 9.12. The molecule has 0 aliphatic carbocycles. The molecule has 0 bridgehead atoms. The van der Waals surface area contributed by atoms with E-state index >= 15 is 0 Å². The molecule has 1 N–H and O–H groups in total. The number of rotatable bonds is 6. The maximum absolute atomic E-state index is 12.1. The van der Waals surface area contributed by atoms with Crippen LogP contribution in [0.1, 0.15) is 31.9 Å². The van der Waals surface area contributed by atoms with Crippen LogP contribution < -0.4 is 14.8 Å². The molecule has 0 saturated carbocycles. The van der Waals surface area contributed by atoms with Gasteiger partial charge in [0.1, 0.15) is 30.3 Å². The van der Waals surface area contributed by atoms with Crippen LogP contribution in [0.4, 0.5) is 40.7 Å². The molecule has 0 unspecified atom stereocenters. The largest absolute Gasteiger partial charge is 0.573 e. The molecule has 2 heterocycles. The summed E-state index contributed by atoms with van der Waals surface area (Å²) in [5.41, 5.74) is 0.525. The smallest absolute Gasteiger partial charge is 0.445 e. The highest BCUT2D eigenvalue weighted by molar-refractivity contribution is 5.85. The number of benzene rings is 2. The van der Waals surface area contributed by atoms with Gasteiger partial charge < -0.3 is 43.7 Å². The molecule has 2 fully saturated rings. The Morgan fingerprint density at radius 1 is 0.600 bits per heavy atom. The van der Waals surface area contributed by atoms with Crippen LogP contribution in [-0.2, 0) is 27.4 Å². The lowest BCUT2D eigenvalue weighted by atomic mass is 10.2. The van der Waals surface area contributed by atoms with E-state index in [1.807, 2.05) is 0 Å². The predicted molar refractivity (Wildman–Crippen MR) is 168 cm³/mol. The minimum atomic E-state index is -4.75. The molecule has 280 valence electrons. The maximum atomic E-state index is 12.1. The Labute approximate surface area is 290 Å². The van der Waals surface area contributed by atoms with E-state index in [1.54, 1.807) is 25.7 Å². The number of carbonyl (C=O) groups excluding carboxylic acids is 3. The molecule has 19 heteroatoms. The average molecular weight is 745 g/mol. The van der Waals surface area contributed by atoms with Crippen LogP contribution >= 0.6 is 12.4 Å². The van der Waals surface area contributed by atoms with Crippen molar-refractivity contribution in [2.45, 2.75) is 52.3 Å². The summed E-state index contributed by atoms with van der Waals surface area (Å²) in [4.78, 5) is 40.4. The molecule has 2 aromatic carbocycles. The van der Waals surface area contributed by atoms with Gasteiger partial charge in [-0.2, -0.15) is 0 Å². The number of piperazine rings is 2. The average Bonchev–Trinajstić information content (AvgIpc) is 3.02. The second-order valence-electron chi connectivity index (χ2n) is 11.7. The SMILES string of the molecule is CC(C)(C)OC(=O)N1CCN(C(=O)OCc2ccc(OC(F)(F)F)cc2)CC1.Cl.O=C(OCc1ccc(OC(F)(F)F)cc1)N1CCNCC1. The Morgan fingerprint density at radius 2 is 0.940 bits per heavy atom. The van der Waals surface area contributed by atoms with E-state index < -0.39 is 36.6 Å². The third kappa shape index (κ3) is 15.9. The van der Waals surface area contributed by atoms with Gasteiger partial charge >= 0.3 is 31.0 Å². The van der Waals surface area contributed by atoms with Crippen LogP contribution in [0.15, 0.2) is 48.5 Å². The van der Waals surface area contributed by atoms with E-state index in [1.165, 1.54) is 46.2 Å². The van der Waals surface area contributed by atoms with Crippen molar-refractivity contribution in [2.75, 3.05) is 52.4 Å². The number of hydrogen-bond donors (Lipinski definition) is 1. The first-order valence-corrected chi connectivity index (χ1v) is 15.1. The van der Waals surface area contributed by atoms with Gasteiger partial charge in [-0.05, 0) is 56.2 Å². The summed E-state index contributed by atoms with van der Waals surface area (Å²) in [6, 6.07) is 10.3. The van der Waals surface area contributed by atoms with E-state index in [4.69, 9.17) is 14.2 Å². The van der Waals surface area contributed by atoms with Gasteiger partial charge in [0.15, 0.2) is 0 Å². The summed E-state index contributed by atoms with van der Waals surface area (Å²) in [5.74, 6) is -0.652. The minimum Gasteiger partial charge on any atom is -0.445 e. The topological polar surface area (TPSA) is 119 Å². The van der Waals surface area contributed by atoms with Gasteiger partial charge in [0, 0.05) is 52.4 Å². The van der Waals surface area contributed by atoms with E-state index in [0.29, 0.717) is 50.4 Å². The zero-order valence-corrected chi connectivity index (χ0v) is 28.3. The van der Waals surface area contributed by atoms with Gasteiger partial charge in [-0.3, -0.25) is 0 Å². The van der Waals surface area contributed by atoms with Crippen LogP contribution in [0.2, 0.25) is 0 Å². The first-order valence-electron chi connectivity index (χ1n) is 15.1. The van der Waals surface area contributed by atoms with Crippen molar-refractivity contribution in [3.05, 3.63) is 59.7 Å². The zero-order chi connectivity index (χ0) is 36.2. The summed E-state index contributed by atoms with van der Waals surface area (Å²) in [5, 5.41) is 3.11. The highest BCUT2D eigenvalue weighted by Crippen LogP contribution is 2.24.